The summed E-state index contributed by atoms with van der Waals surface area (Å²) < 4.78 is 3.48. The second kappa shape index (κ2) is 4.29. The van der Waals surface area contributed by atoms with E-state index in [9.17, 15) is 4.79 Å². The fraction of sp³-hybridized carbons (Fsp3) is 0.417. The van der Waals surface area contributed by atoms with Gasteiger partial charge in [0.15, 0.2) is 5.69 Å². The Morgan fingerprint density at radius 1 is 1.56 bits per heavy atom. The monoisotopic (exact) mass is 245 g/mol. The third-order valence-electron chi connectivity index (χ3n) is 2.98. The van der Waals surface area contributed by atoms with Gasteiger partial charge in [-0.25, -0.2) is 0 Å². The molecule has 1 amide bonds. The maximum Gasteiger partial charge on any atom is 0.276 e. The zero-order valence-electron chi connectivity index (χ0n) is 10.2. The lowest BCUT2D eigenvalue weighted by atomic mass is 10.4. The van der Waals surface area contributed by atoms with Crippen LogP contribution in [0.25, 0.3) is 0 Å². The fourth-order valence-electron chi connectivity index (χ4n) is 1.82. The topological polar surface area (TPSA) is 64.7 Å². The average molecular weight is 245 g/mol. The largest absolute Gasteiger partial charge is 0.318 e. The summed E-state index contributed by atoms with van der Waals surface area (Å²) >= 11 is 0. The lowest BCUT2D eigenvalue weighted by Crippen LogP contribution is -2.12. The molecule has 1 aliphatic carbocycles. The molecule has 0 aliphatic heterocycles. The average Bonchev–Trinajstić information content (AvgIpc) is 2.85. The molecule has 0 aromatic carbocycles. The molecule has 1 aliphatic rings. The zero-order valence-corrected chi connectivity index (χ0v) is 10.2. The number of hydrogen-bond acceptors (Lipinski definition) is 3. The maximum absolute atomic E-state index is 11.8. The molecular formula is C12H15N5O. The Morgan fingerprint density at radius 3 is 3.06 bits per heavy atom. The normalized spacial score (nSPS) is 14.7. The Balaban J connectivity index is 1.64. The minimum absolute atomic E-state index is 0.207. The quantitative estimate of drug-likeness (QED) is 0.882. The van der Waals surface area contributed by atoms with E-state index in [-0.39, 0.29) is 5.91 Å². The summed E-state index contributed by atoms with van der Waals surface area (Å²) in [5.41, 5.74) is 1.12. The van der Waals surface area contributed by atoms with Crippen LogP contribution >= 0.6 is 0 Å². The maximum atomic E-state index is 11.8. The van der Waals surface area contributed by atoms with Crippen LogP contribution in [0, 0.1) is 5.92 Å². The molecule has 0 unspecified atom stereocenters. The summed E-state index contributed by atoms with van der Waals surface area (Å²) in [6, 6.07) is 1.68. The number of hydrogen-bond donors (Lipinski definition) is 1. The van der Waals surface area contributed by atoms with Gasteiger partial charge in [-0.15, -0.1) is 0 Å². The summed E-state index contributed by atoms with van der Waals surface area (Å²) in [6.45, 7) is 0.944. The number of nitrogens with one attached hydrogen (secondary N) is 1. The van der Waals surface area contributed by atoms with Gasteiger partial charge in [-0.05, 0) is 24.8 Å². The standard InChI is InChI=1S/C12H15N5O/c1-16-5-4-11(15-16)12(18)14-10-6-13-17(8-10)7-9-2-3-9/h4-6,8-9H,2-3,7H2,1H3,(H,14,18). The van der Waals surface area contributed by atoms with Crippen molar-refractivity contribution < 1.29 is 4.79 Å². The molecular weight excluding hydrogens is 230 g/mol. The van der Waals surface area contributed by atoms with Gasteiger partial charge in [0.2, 0.25) is 0 Å². The minimum atomic E-state index is -0.207. The van der Waals surface area contributed by atoms with Gasteiger partial charge in [-0.1, -0.05) is 0 Å². The molecule has 2 heterocycles. The molecule has 18 heavy (non-hydrogen) atoms. The molecule has 0 spiro atoms. The van der Waals surface area contributed by atoms with Crippen LogP contribution < -0.4 is 5.32 Å². The highest BCUT2D eigenvalue weighted by Gasteiger charge is 2.22. The van der Waals surface area contributed by atoms with Crippen LogP contribution in [-0.2, 0) is 13.6 Å². The van der Waals surface area contributed by atoms with E-state index >= 15 is 0 Å². The number of carbonyl (C=O) groups is 1. The third-order valence-corrected chi connectivity index (χ3v) is 2.98. The van der Waals surface area contributed by atoms with Crippen LogP contribution in [0.15, 0.2) is 24.7 Å². The number of aromatic nitrogens is 4. The summed E-state index contributed by atoms with van der Waals surface area (Å²) in [6.07, 6.45) is 7.85. The van der Waals surface area contributed by atoms with Crippen LogP contribution in [0.5, 0.6) is 0 Å². The van der Waals surface area contributed by atoms with Crippen molar-refractivity contribution >= 4 is 11.6 Å². The highest BCUT2D eigenvalue weighted by Crippen LogP contribution is 2.30. The number of carbonyl (C=O) groups excluding carboxylic acids is 1. The van der Waals surface area contributed by atoms with Crippen molar-refractivity contribution in [2.24, 2.45) is 13.0 Å². The number of rotatable bonds is 4. The van der Waals surface area contributed by atoms with Crippen LogP contribution in [0.1, 0.15) is 23.3 Å². The first kappa shape index (κ1) is 11.0. The fourth-order valence-corrected chi connectivity index (χ4v) is 1.82. The van der Waals surface area contributed by atoms with E-state index in [4.69, 9.17) is 0 Å². The van der Waals surface area contributed by atoms with Crippen molar-refractivity contribution in [3.05, 3.63) is 30.4 Å². The number of amides is 1. The Labute approximate surface area is 105 Å². The van der Waals surface area contributed by atoms with Gasteiger partial charge < -0.3 is 5.32 Å². The summed E-state index contributed by atoms with van der Waals surface area (Å²) in [7, 11) is 1.78. The Hall–Kier alpha value is -2.11. The molecule has 0 atom stereocenters. The van der Waals surface area contributed by atoms with E-state index < -0.39 is 0 Å². The Bertz CT molecular complexity index is 567. The minimum Gasteiger partial charge on any atom is -0.318 e. The van der Waals surface area contributed by atoms with Crippen LogP contribution in [0.4, 0.5) is 5.69 Å². The molecule has 1 fully saturated rings. The second-order valence-corrected chi connectivity index (χ2v) is 4.72. The van der Waals surface area contributed by atoms with Gasteiger partial charge in [-0.3, -0.25) is 14.2 Å². The first-order valence-electron chi connectivity index (χ1n) is 6.04. The van der Waals surface area contributed by atoms with Crippen LogP contribution in [-0.4, -0.2) is 25.5 Å². The smallest absolute Gasteiger partial charge is 0.276 e. The summed E-state index contributed by atoms with van der Waals surface area (Å²) in [4.78, 5) is 11.8. The SMILES string of the molecule is Cn1ccc(C(=O)Nc2cnn(CC3CC3)c2)n1. The summed E-state index contributed by atoms with van der Waals surface area (Å²) in [5.74, 6) is 0.561. The molecule has 1 saturated carbocycles. The zero-order chi connectivity index (χ0) is 12.5. The second-order valence-electron chi connectivity index (χ2n) is 4.72. The van der Waals surface area contributed by atoms with E-state index in [1.165, 1.54) is 12.8 Å². The van der Waals surface area contributed by atoms with Crippen LogP contribution in [0.3, 0.4) is 0 Å². The lowest BCUT2D eigenvalue weighted by Gasteiger charge is -1.99. The predicted octanol–water partition coefficient (Wildman–Crippen LogP) is 1.28. The highest BCUT2D eigenvalue weighted by molar-refractivity contribution is 6.02. The lowest BCUT2D eigenvalue weighted by molar-refractivity contribution is 0.102. The molecule has 1 N–H and O–H groups in total. The van der Waals surface area contributed by atoms with Gasteiger partial charge in [0.1, 0.15) is 0 Å². The molecule has 0 saturated heterocycles. The Kier molecular flexibility index (Phi) is 2.62. The van der Waals surface area contributed by atoms with Gasteiger partial charge in [0.25, 0.3) is 5.91 Å². The van der Waals surface area contributed by atoms with Gasteiger partial charge in [0.05, 0.1) is 11.9 Å². The molecule has 6 nitrogen and oxygen atoms in total. The molecule has 0 bridgehead atoms. The van der Waals surface area contributed by atoms with Crippen molar-refractivity contribution in [1.82, 2.24) is 19.6 Å². The van der Waals surface area contributed by atoms with E-state index in [0.717, 1.165) is 12.5 Å². The van der Waals surface area contributed by atoms with E-state index in [1.807, 2.05) is 10.9 Å². The van der Waals surface area contributed by atoms with Crippen molar-refractivity contribution in [2.45, 2.75) is 19.4 Å². The molecule has 3 rings (SSSR count). The number of anilines is 1. The number of nitrogens with zero attached hydrogens (tertiary/aromatic N) is 4. The van der Waals surface area contributed by atoms with E-state index in [0.29, 0.717) is 11.4 Å². The van der Waals surface area contributed by atoms with Gasteiger partial charge >= 0.3 is 0 Å². The van der Waals surface area contributed by atoms with Crippen molar-refractivity contribution in [3.8, 4) is 0 Å². The highest BCUT2D eigenvalue weighted by atomic mass is 16.2. The van der Waals surface area contributed by atoms with E-state index in [1.54, 1.807) is 30.2 Å². The third kappa shape index (κ3) is 2.42. The Morgan fingerprint density at radius 2 is 2.39 bits per heavy atom. The first-order chi connectivity index (χ1) is 8.70. The van der Waals surface area contributed by atoms with Crippen molar-refractivity contribution in [2.75, 3.05) is 5.32 Å². The summed E-state index contributed by atoms with van der Waals surface area (Å²) in [5, 5.41) is 11.1. The first-order valence-corrected chi connectivity index (χ1v) is 6.04. The van der Waals surface area contributed by atoms with Gasteiger partial charge in [-0.2, -0.15) is 10.2 Å². The number of aryl methyl sites for hydroxylation is 1. The molecule has 2 aromatic heterocycles. The molecule has 2 aromatic rings. The molecule has 0 radical (unpaired) electrons. The molecule has 6 heteroatoms. The molecule has 94 valence electrons. The van der Waals surface area contributed by atoms with E-state index in [2.05, 4.69) is 15.5 Å². The van der Waals surface area contributed by atoms with Crippen LogP contribution in [0.2, 0.25) is 0 Å². The predicted molar refractivity (Wildman–Crippen MR) is 66.1 cm³/mol. The van der Waals surface area contributed by atoms with Crippen molar-refractivity contribution in [1.29, 1.82) is 0 Å². The van der Waals surface area contributed by atoms with Gasteiger partial charge in [0, 0.05) is 26.0 Å². The van der Waals surface area contributed by atoms with Crippen molar-refractivity contribution in [3.63, 3.8) is 0 Å².